The summed E-state index contributed by atoms with van der Waals surface area (Å²) in [4.78, 5) is 0. The summed E-state index contributed by atoms with van der Waals surface area (Å²) < 4.78 is 5.50. The molecule has 33 heavy (non-hydrogen) atoms. The predicted molar refractivity (Wildman–Crippen MR) is 127 cm³/mol. The van der Waals surface area contributed by atoms with Gasteiger partial charge in [-0.3, -0.25) is 0 Å². The van der Waals surface area contributed by atoms with E-state index in [9.17, 15) is 30.6 Å². The molecule has 0 saturated heterocycles. The fraction of sp³-hybridized carbons (Fsp3) is 1.00. The molecule has 0 spiro atoms. The lowest BCUT2D eigenvalue weighted by Gasteiger charge is -2.46. The SMILES string of the molecule is CC(C)C1CCC(C)(C(O)C(O)COCC(O)C(O)C2(C)CCC(C(C)C)C(O)C2)CC1O. The highest BCUT2D eigenvalue weighted by molar-refractivity contribution is 4.96. The van der Waals surface area contributed by atoms with Crippen LogP contribution in [0.2, 0.25) is 0 Å². The van der Waals surface area contributed by atoms with Gasteiger partial charge in [-0.1, -0.05) is 41.5 Å². The van der Waals surface area contributed by atoms with Gasteiger partial charge in [0.2, 0.25) is 0 Å². The topological polar surface area (TPSA) is 131 Å². The molecule has 196 valence electrons. The van der Waals surface area contributed by atoms with E-state index < -0.39 is 47.5 Å². The Balaban J connectivity index is 1.83. The maximum atomic E-state index is 10.8. The van der Waals surface area contributed by atoms with Crippen molar-refractivity contribution >= 4 is 0 Å². The summed E-state index contributed by atoms with van der Waals surface area (Å²) in [5.74, 6) is 1.13. The van der Waals surface area contributed by atoms with Gasteiger partial charge in [-0.05, 0) is 73.0 Å². The van der Waals surface area contributed by atoms with Gasteiger partial charge in [-0.2, -0.15) is 0 Å². The maximum Gasteiger partial charge on any atom is 0.104 e. The summed E-state index contributed by atoms with van der Waals surface area (Å²) >= 11 is 0. The highest BCUT2D eigenvalue weighted by Gasteiger charge is 2.46. The average molecular weight is 475 g/mol. The van der Waals surface area contributed by atoms with Gasteiger partial charge in [0.05, 0.1) is 37.6 Å². The lowest BCUT2D eigenvalue weighted by atomic mass is 9.64. The van der Waals surface area contributed by atoms with Crippen molar-refractivity contribution in [2.24, 2.45) is 34.5 Å². The molecule has 7 nitrogen and oxygen atoms in total. The minimum Gasteiger partial charge on any atom is -0.393 e. The van der Waals surface area contributed by atoms with Crippen molar-refractivity contribution < 1.29 is 35.4 Å². The minimum atomic E-state index is -1.15. The van der Waals surface area contributed by atoms with Gasteiger partial charge in [0.1, 0.15) is 12.2 Å². The number of ether oxygens (including phenoxy) is 1. The van der Waals surface area contributed by atoms with Crippen LogP contribution < -0.4 is 0 Å². The molecule has 0 aromatic carbocycles. The lowest BCUT2D eigenvalue weighted by Crippen LogP contribution is -2.51. The standard InChI is InChI=1S/C26H50O7/c1-15(2)17-7-9-25(5,11-19(17)27)23(31)21(29)13-33-14-22(30)24(32)26(6)10-8-18(16(3)4)20(28)12-26/h15-24,27-32H,7-14H2,1-6H3. The normalized spacial score (nSPS) is 39.5. The Bertz CT molecular complexity index is 549. The Labute approximate surface area is 200 Å². The first-order chi connectivity index (χ1) is 15.2. The maximum absolute atomic E-state index is 10.8. The number of aliphatic hydroxyl groups is 6. The van der Waals surface area contributed by atoms with Crippen molar-refractivity contribution in [1.82, 2.24) is 0 Å². The van der Waals surface area contributed by atoms with E-state index in [0.29, 0.717) is 37.5 Å². The monoisotopic (exact) mass is 474 g/mol. The molecule has 0 heterocycles. The van der Waals surface area contributed by atoms with Gasteiger partial charge in [0.25, 0.3) is 0 Å². The van der Waals surface area contributed by atoms with Crippen molar-refractivity contribution in [1.29, 1.82) is 0 Å². The van der Waals surface area contributed by atoms with E-state index in [1.807, 2.05) is 13.8 Å². The van der Waals surface area contributed by atoms with Gasteiger partial charge < -0.3 is 35.4 Å². The summed E-state index contributed by atoms with van der Waals surface area (Å²) in [5.41, 5.74) is -1.21. The number of aliphatic hydroxyl groups excluding tert-OH is 6. The molecule has 2 fully saturated rings. The van der Waals surface area contributed by atoms with E-state index in [0.717, 1.165) is 12.8 Å². The summed E-state index contributed by atoms with van der Waals surface area (Å²) in [5, 5.41) is 63.7. The van der Waals surface area contributed by atoms with Crippen molar-refractivity contribution in [3.63, 3.8) is 0 Å². The third-order valence-electron chi connectivity index (χ3n) is 8.88. The zero-order valence-corrected chi connectivity index (χ0v) is 21.5. The molecular formula is C26H50O7. The smallest absolute Gasteiger partial charge is 0.104 e. The molecule has 2 aliphatic rings. The molecule has 0 aliphatic heterocycles. The van der Waals surface area contributed by atoms with Crippen LogP contribution in [0.4, 0.5) is 0 Å². The Morgan fingerprint density at radius 1 is 0.697 bits per heavy atom. The molecule has 6 N–H and O–H groups in total. The van der Waals surface area contributed by atoms with Crippen molar-refractivity contribution in [2.45, 2.75) is 117 Å². The fourth-order valence-corrected chi connectivity index (χ4v) is 6.35. The third-order valence-corrected chi connectivity index (χ3v) is 8.88. The van der Waals surface area contributed by atoms with E-state index in [-0.39, 0.29) is 25.0 Å². The summed E-state index contributed by atoms with van der Waals surface area (Å²) in [6, 6.07) is 0. The largest absolute Gasteiger partial charge is 0.393 e. The highest BCUT2D eigenvalue weighted by atomic mass is 16.5. The van der Waals surface area contributed by atoms with Crippen molar-refractivity contribution in [3.05, 3.63) is 0 Å². The first kappa shape index (κ1) is 29.0. The second-order valence-electron chi connectivity index (χ2n) is 12.3. The van der Waals surface area contributed by atoms with E-state index in [2.05, 4.69) is 27.7 Å². The molecule has 7 heteroatoms. The summed E-state index contributed by atoms with van der Waals surface area (Å²) in [6.07, 6.45) is -1.56. The minimum absolute atomic E-state index is 0.168. The molecule has 0 bridgehead atoms. The van der Waals surface area contributed by atoms with Gasteiger partial charge in [-0.15, -0.1) is 0 Å². The van der Waals surface area contributed by atoms with E-state index in [4.69, 9.17) is 4.74 Å². The number of rotatable bonds is 10. The van der Waals surface area contributed by atoms with Gasteiger partial charge >= 0.3 is 0 Å². The molecular weight excluding hydrogens is 424 g/mol. The van der Waals surface area contributed by atoms with Crippen LogP contribution in [0, 0.1) is 34.5 Å². The van der Waals surface area contributed by atoms with Crippen LogP contribution >= 0.6 is 0 Å². The molecule has 0 aromatic heterocycles. The van der Waals surface area contributed by atoms with E-state index in [1.165, 1.54) is 0 Å². The highest BCUT2D eigenvalue weighted by Crippen LogP contribution is 2.45. The van der Waals surface area contributed by atoms with Crippen LogP contribution in [0.3, 0.4) is 0 Å². The second kappa shape index (κ2) is 11.6. The second-order valence-corrected chi connectivity index (χ2v) is 12.3. The molecule has 2 aliphatic carbocycles. The average Bonchev–Trinajstić information content (AvgIpc) is 2.71. The zero-order valence-electron chi connectivity index (χ0n) is 21.5. The Morgan fingerprint density at radius 3 is 1.30 bits per heavy atom. The predicted octanol–water partition coefficient (Wildman–Crippen LogP) is 2.09. The van der Waals surface area contributed by atoms with E-state index in [1.54, 1.807) is 0 Å². The Kier molecular flexibility index (Phi) is 10.2. The first-order valence-electron chi connectivity index (χ1n) is 12.9. The van der Waals surface area contributed by atoms with E-state index >= 15 is 0 Å². The van der Waals surface area contributed by atoms with Crippen LogP contribution in [0.5, 0.6) is 0 Å². The quantitative estimate of drug-likeness (QED) is 0.286. The Morgan fingerprint density at radius 2 is 1.03 bits per heavy atom. The van der Waals surface area contributed by atoms with Gasteiger partial charge in [-0.25, -0.2) is 0 Å². The molecule has 2 saturated carbocycles. The van der Waals surface area contributed by atoms with Crippen LogP contribution in [-0.2, 0) is 4.74 Å². The van der Waals surface area contributed by atoms with Crippen LogP contribution in [0.15, 0.2) is 0 Å². The van der Waals surface area contributed by atoms with Crippen molar-refractivity contribution in [2.75, 3.05) is 13.2 Å². The third kappa shape index (κ3) is 6.90. The molecule has 0 aromatic rings. The molecule has 0 amide bonds. The van der Waals surface area contributed by atoms with Gasteiger partial charge in [0, 0.05) is 0 Å². The summed E-state index contributed by atoms with van der Waals surface area (Å²) in [6.45, 7) is 11.8. The molecule has 10 atom stereocenters. The number of hydrogen-bond donors (Lipinski definition) is 6. The number of hydrogen-bond acceptors (Lipinski definition) is 7. The van der Waals surface area contributed by atoms with Crippen LogP contribution in [-0.4, -0.2) is 80.5 Å². The summed E-state index contributed by atoms with van der Waals surface area (Å²) in [7, 11) is 0. The Hall–Kier alpha value is -0.280. The van der Waals surface area contributed by atoms with Gasteiger partial charge in [0.15, 0.2) is 0 Å². The zero-order chi connectivity index (χ0) is 25.1. The molecule has 0 radical (unpaired) electrons. The molecule has 10 unspecified atom stereocenters. The van der Waals surface area contributed by atoms with Crippen LogP contribution in [0.1, 0.15) is 80.1 Å². The van der Waals surface area contributed by atoms with Crippen LogP contribution in [0.25, 0.3) is 0 Å². The van der Waals surface area contributed by atoms with Crippen molar-refractivity contribution in [3.8, 4) is 0 Å². The fourth-order valence-electron chi connectivity index (χ4n) is 6.35. The lowest BCUT2D eigenvalue weighted by molar-refractivity contribution is -0.147. The molecule has 2 rings (SSSR count). The first-order valence-corrected chi connectivity index (χ1v) is 12.9.